The van der Waals surface area contributed by atoms with E-state index < -0.39 is 5.69 Å². The van der Waals surface area contributed by atoms with E-state index >= 15 is 0 Å². The van der Waals surface area contributed by atoms with Crippen LogP contribution in [0.3, 0.4) is 0 Å². The zero-order valence-electron chi connectivity index (χ0n) is 17.5. The molecule has 0 unspecified atom stereocenters. The molecule has 1 aliphatic rings. The lowest BCUT2D eigenvalue weighted by Crippen LogP contribution is -2.50. The van der Waals surface area contributed by atoms with Crippen molar-refractivity contribution in [2.75, 3.05) is 26.2 Å². The van der Waals surface area contributed by atoms with E-state index in [0.717, 1.165) is 35.5 Å². The molecule has 3 aromatic heterocycles. The third kappa shape index (κ3) is 3.80. The first-order chi connectivity index (χ1) is 14.3. The SMILES string of the molecule is Cc1ccn2c(CN3CCN(C(=O)Cn4ccc(=O)n(C)c4=O)CC3)c(C)nc2c1. The van der Waals surface area contributed by atoms with Crippen molar-refractivity contribution in [1.29, 1.82) is 0 Å². The van der Waals surface area contributed by atoms with Crippen molar-refractivity contribution in [3.63, 3.8) is 0 Å². The summed E-state index contributed by atoms with van der Waals surface area (Å²) in [5.41, 5.74) is 3.47. The van der Waals surface area contributed by atoms with E-state index in [1.165, 1.54) is 35.1 Å². The maximum absolute atomic E-state index is 12.6. The Labute approximate surface area is 173 Å². The van der Waals surface area contributed by atoms with Gasteiger partial charge in [-0.05, 0) is 31.5 Å². The van der Waals surface area contributed by atoms with Crippen LogP contribution in [0.1, 0.15) is 17.0 Å². The van der Waals surface area contributed by atoms with Gasteiger partial charge in [0.25, 0.3) is 5.56 Å². The topological polar surface area (TPSA) is 84.9 Å². The summed E-state index contributed by atoms with van der Waals surface area (Å²) in [5.74, 6) is -0.114. The number of carbonyl (C=O) groups excluding carboxylic acids is 1. The summed E-state index contributed by atoms with van der Waals surface area (Å²) in [6, 6.07) is 5.45. The molecule has 0 spiro atoms. The number of amides is 1. The van der Waals surface area contributed by atoms with Crippen LogP contribution in [0.2, 0.25) is 0 Å². The molecule has 0 aromatic carbocycles. The first-order valence-corrected chi connectivity index (χ1v) is 10.0. The predicted molar refractivity (Wildman–Crippen MR) is 112 cm³/mol. The van der Waals surface area contributed by atoms with Gasteiger partial charge in [0, 0.05) is 58.2 Å². The Hall–Kier alpha value is -3.20. The van der Waals surface area contributed by atoms with Crippen molar-refractivity contribution in [1.82, 2.24) is 28.3 Å². The molecular formula is C21H26N6O3. The molecule has 4 rings (SSSR count). The van der Waals surface area contributed by atoms with Crippen LogP contribution in [0.4, 0.5) is 0 Å². The van der Waals surface area contributed by atoms with Gasteiger partial charge in [-0.2, -0.15) is 0 Å². The number of nitrogens with zero attached hydrogens (tertiary/aromatic N) is 6. The number of hydrogen-bond donors (Lipinski definition) is 0. The summed E-state index contributed by atoms with van der Waals surface area (Å²) in [6.07, 6.45) is 3.44. The Morgan fingerprint density at radius 3 is 2.53 bits per heavy atom. The fourth-order valence-corrected chi connectivity index (χ4v) is 3.85. The van der Waals surface area contributed by atoms with Crippen molar-refractivity contribution in [2.24, 2.45) is 7.05 Å². The molecule has 0 bridgehead atoms. The number of aryl methyl sites for hydroxylation is 2. The van der Waals surface area contributed by atoms with Crippen LogP contribution < -0.4 is 11.2 Å². The van der Waals surface area contributed by atoms with E-state index in [4.69, 9.17) is 0 Å². The van der Waals surface area contributed by atoms with Gasteiger partial charge < -0.3 is 9.30 Å². The van der Waals surface area contributed by atoms with E-state index in [1.807, 2.05) is 6.92 Å². The standard InChI is InChI=1S/C21H26N6O3/c1-15-4-7-27-17(16(2)22-18(27)12-15)13-24-8-10-25(11-9-24)20(29)14-26-6-5-19(28)23(3)21(26)30/h4-7,12H,8-11,13-14H2,1-3H3. The minimum Gasteiger partial charge on any atom is -0.339 e. The van der Waals surface area contributed by atoms with Crippen molar-refractivity contribution < 1.29 is 4.79 Å². The smallest absolute Gasteiger partial charge is 0.331 e. The largest absolute Gasteiger partial charge is 0.339 e. The average Bonchev–Trinajstić information content (AvgIpc) is 3.03. The van der Waals surface area contributed by atoms with Gasteiger partial charge in [0.05, 0.1) is 11.4 Å². The number of carbonyl (C=O) groups is 1. The van der Waals surface area contributed by atoms with Gasteiger partial charge in [0.15, 0.2) is 0 Å². The van der Waals surface area contributed by atoms with Gasteiger partial charge in [-0.15, -0.1) is 0 Å². The van der Waals surface area contributed by atoms with Crippen LogP contribution in [-0.4, -0.2) is 60.4 Å². The Morgan fingerprint density at radius 2 is 1.80 bits per heavy atom. The molecule has 1 fully saturated rings. The van der Waals surface area contributed by atoms with Crippen LogP contribution >= 0.6 is 0 Å². The molecule has 9 heteroatoms. The third-order valence-corrected chi connectivity index (χ3v) is 5.75. The first-order valence-electron chi connectivity index (χ1n) is 10.0. The van der Waals surface area contributed by atoms with E-state index in [-0.39, 0.29) is 18.0 Å². The molecule has 1 saturated heterocycles. The molecule has 0 atom stereocenters. The van der Waals surface area contributed by atoms with Crippen LogP contribution in [0.25, 0.3) is 5.65 Å². The van der Waals surface area contributed by atoms with Crippen molar-refractivity contribution in [3.05, 3.63) is 68.4 Å². The highest BCUT2D eigenvalue weighted by atomic mass is 16.2. The maximum atomic E-state index is 12.6. The molecule has 158 valence electrons. The monoisotopic (exact) mass is 410 g/mol. The number of imidazole rings is 1. The minimum absolute atomic E-state index is 0.0569. The van der Waals surface area contributed by atoms with E-state index in [9.17, 15) is 14.4 Å². The molecule has 0 saturated carbocycles. The molecule has 4 heterocycles. The predicted octanol–water partition coefficient (Wildman–Crippen LogP) is 0.156. The van der Waals surface area contributed by atoms with Crippen molar-refractivity contribution in [3.8, 4) is 0 Å². The Morgan fingerprint density at radius 1 is 1.07 bits per heavy atom. The van der Waals surface area contributed by atoms with Crippen LogP contribution in [0.15, 0.2) is 40.2 Å². The molecule has 1 amide bonds. The van der Waals surface area contributed by atoms with Crippen LogP contribution in [0, 0.1) is 13.8 Å². The van der Waals surface area contributed by atoms with E-state index in [1.54, 1.807) is 4.90 Å². The average molecular weight is 410 g/mol. The first kappa shape index (κ1) is 20.1. The van der Waals surface area contributed by atoms with E-state index in [2.05, 4.69) is 39.5 Å². The summed E-state index contributed by atoms with van der Waals surface area (Å²) in [5, 5.41) is 0. The second kappa shape index (κ2) is 7.91. The quantitative estimate of drug-likeness (QED) is 0.612. The van der Waals surface area contributed by atoms with Gasteiger partial charge in [0.2, 0.25) is 5.91 Å². The molecule has 3 aromatic rings. The Balaban J connectivity index is 1.39. The lowest BCUT2D eigenvalue weighted by Gasteiger charge is -2.34. The fraction of sp³-hybridized carbons (Fsp3) is 0.429. The van der Waals surface area contributed by atoms with Gasteiger partial charge in [-0.3, -0.25) is 23.6 Å². The second-order valence-corrected chi connectivity index (χ2v) is 7.86. The van der Waals surface area contributed by atoms with E-state index in [0.29, 0.717) is 13.1 Å². The Kier molecular flexibility index (Phi) is 5.29. The summed E-state index contributed by atoms with van der Waals surface area (Å²) >= 11 is 0. The summed E-state index contributed by atoms with van der Waals surface area (Å²) in [7, 11) is 1.41. The lowest BCUT2D eigenvalue weighted by atomic mass is 10.2. The lowest BCUT2D eigenvalue weighted by molar-refractivity contribution is -0.133. The van der Waals surface area contributed by atoms with Crippen molar-refractivity contribution >= 4 is 11.6 Å². The molecule has 30 heavy (non-hydrogen) atoms. The normalized spacial score (nSPS) is 15.1. The summed E-state index contributed by atoms with van der Waals surface area (Å²) in [4.78, 5) is 45.1. The van der Waals surface area contributed by atoms with Gasteiger partial charge >= 0.3 is 5.69 Å². The molecule has 1 aliphatic heterocycles. The number of pyridine rings is 1. The Bertz CT molecular complexity index is 1210. The fourth-order valence-electron chi connectivity index (χ4n) is 3.85. The third-order valence-electron chi connectivity index (χ3n) is 5.75. The highest BCUT2D eigenvalue weighted by Crippen LogP contribution is 2.16. The summed E-state index contributed by atoms with van der Waals surface area (Å²) in [6.45, 7) is 7.53. The number of rotatable bonds is 4. The molecule has 9 nitrogen and oxygen atoms in total. The second-order valence-electron chi connectivity index (χ2n) is 7.86. The molecular weight excluding hydrogens is 384 g/mol. The van der Waals surface area contributed by atoms with Crippen LogP contribution in [0.5, 0.6) is 0 Å². The van der Waals surface area contributed by atoms with Gasteiger partial charge in [-0.1, -0.05) is 0 Å². The zero-order valence-corrected chi connectivity index (χ0v) is 17.5. The van der Waals surface area contributed by atoms with Crippen molar-refractivity contribution in [2.45, 2.75) is 26.9 Å². The summed E-state index contributed by atoms with van der Waals surface area (Å²) < 4.78 is 4.41. The van der Waals surface area contributed by atoms with Gasteiger partial charge in [0.1, 0.15) is 12.2 Å². The number of aromatic nitrogens is 4. The van der Waals surface area contributed by atoms with Gasteiger partial charge in [-0.25, -0.2) is 9.78 Å². The zero-order chi connectivity index (χ0) is 21.4. The molecule has 0 aliphatic carbocycles. The molecule has 0 N–H and O–H groups in total. The number of piperazine rings is 1. The number of fused-ring (bicyclic) bond motifs is 1. The minimum atomic E-state index is -0.479. The number of hydrogen-bond acceptors (Lipinski definition) is 5. The maximum Gasteiger partial charge on any atom is 0.331 e. The highest BCUT2D eigenvalue weighted by Gasteiger charge is 2.23. The highest BCUT2D eigenvalue weighted by molar-refractivity contribution is 5.76. The molecule has 0 radical (unpaired) electrons. The van der Waals surface area contributed by atoms with Crippen LogP contribution in [-0.2, 0) is 24.9 Å².